The van der Waals surface area contributed by atoms with Crippen molar-refractivity contribution in [3.8, 4) is 0 Å². The SMILES string of the molecule is O=C(NCCc1c[nH]c2ccc(F)cc12)c1cc(Cc2ccccc2F)on1. The molecule has 2 heterocycles. The molecule has 0 aliphatic rings. The number of nitrogens with zero attached hydrogens (tertiary/aromatic N) is 1. The van der Waals surface area contributed by atoms with Crippen molar-refractivity contribution in [2.75, 3.05) is 6.54 Å². The van der Waals surface area contributed by atoms with E-state index in [1.165, 1.54) is 24.3 Å². The third kappa shape index (κ3) is 3.78. The number of carbonyl (C=O) groups is 1. The van der Waals surface area contributed by atoms with Crippen LogP contribution >= 0.6 is 0 Å². The standard InChI is InChI=1S/C21H17F2N3O2/c22-15-5-6-19-17(10-15)14(12-25-19)7-8-24-21(27)20-11-16(28-26-20)9-13-3-1-2-4-18(13)23/h1-6,10-12,25H,7-9H2,(H,24,27). The molecule has 0 aliphatic carbocycles. The largest absolute Gasteiger partial charge is 0.361 e. The first-order valence-corrected chi connectivity index (χ1v) is 8.83. The van der Waals surface area contributed by atoms with E-state index in [0.717, 1.165) is 16.5 Å². The molecule has 0 saturated heterocycles. The summed E-state index contributed by atoms with van der Waals surface area (Å²) in [5.74, 6) is -0.612. The minimum absolute atomic E-state index is 0.135. The number of hydrogen-bond donors (Lipinski definition) is 2. The van der Waals surface area contributed by atoms with Crippen molar-refractivity contribution in [2.24, 2.45) is 0 Å². The smallest absolute Gasteiger partial charge is 0.273 e. The third-order valence-corrected chi connectivity index (χ3v) is 4.52. The van der Waals surface area contributed by atoms with Gasteiger partial charge in [-0.2, -0.15) is 0 Å². The van der Waals surface area contributed by atoms with Gasteiger partial charge in [0.1, 0.15) is 17.4 Å². The van der Waals surface area contributed by atoms with Gasteiger partial charge in [-0.1, -0.05) is 23.4 Å². The van der Waals surface area contributed by atoms with Crippen LogP contribution in [0.5, 0.6) is 0 Å². The van der Waals surface area contributed by atoms with Crippen LogP contribution in [0.1, 0.15) is 27.4 Å². The van der Waals surface area contributed by atoms with Crippen molar-refractivity contribution in [2.45, 2.75) is 12.8 Å². The van der Waals surface area contributed by atoms with E-state index in [0.29, 0.717) is 24.3 Å². The molecule has 2 N–H and O–H groups in total. The summed E-state index contributed by atoms with van der Waals surface area (Å²) in [4.78, 5) is 15.3. The summed E-state index contributed by atoms with van der Waals surface area (Å²) in [6, 6.07) is 12.4. The van der Waals surface area contributed by atoms with Gasteiger partial charge in [0, 0.05) is 36.1 Å². The molecule has 0 spiro atoms. The summed E-state index contributed by atoms with van der Waals surface area (Å²) in [5, 5.41) is 7.31. The Morgan fingerprint density at radius 1 is 1.11 bits per heavy atom. The van der Waals surface area contributed by atoms with E-state index >= 15 is 0 Å². The second-order valence-corrected chi connectivity index (χ2v) is 6.46. The van der Waals surface area contributed by atoms with E-state index in [1.54, 1.807) is 30.5 Å². The monoisotopic (exact) mass is 381 g/mol. The molecular weight excluding hydrogens is 364 g/mol. The van der Waals surface area contributed by atoms with E-state index in [9.17, 15) is 13.6 Å². The molecule has 5 nitrogen and oxygen atoms in total. The fraction of sp³-hybridized carbons (Fsp3) is 0.143. The van der Waals surface area contributed by atoms with Gasteiger partial charge in [0.2, 0.25) is 0 Å². The van der Waals surface area contributed by atoms with Crippen molar-refractivity contribution >= 4 is 16.8 Å². The Kier molecular flexibility index (Phi) is 4.89. The molecule has 0 atom stereocenters. The second-order valence-electron chi connectivity index (χ2n) is 6.46. The normalized spacial score (nSPS) is 11.1. The highest BCUT2D eigenvalue weighted by atomic mass is 19.1. The van der Waals surface area contributed by atoms with Gasteiger partial charge in [0.05, 0.1) is 0 Å². The van der Waals surface area contributed by atoms with E-state index in [1.807, 2.05) is 0 Å². The quantitative estimate of drug-likeness (QED) is 0.530. The first-order valence-electron chi connectivity index (χ1n) is 8.83. The fourth-order valence-electron chi connectivity index (χ4n) is 3.09. The number of fused-ring (bicyclic) bond motifs is 1. The van der Waals surface area contributed by atoms with Crippen LogP contribution in [0.15, 0.2) is 59.3 Å². The maximum atomic E-state index is 13.7. The lowest BCUT2D eigenvalue weighted by molar-refractivity contribution is 0.0945. The highest BCUT2D eigenvalue weighted by Crippen LogP contribution is 2.19. The van der Waals surface area contributed by atoms with Crippen LogP contribution in [0.3, 0.4) is 0 Å². The second kappa shape index (κ2) is 7.64. The summed E-state index contributed by atoms with van der Waals surface area (Å²) < 4.78 is 32.3. The van der Waals surface area contributed by atoms with Crippen molar-refractivity contribution in [1.82, 2.24) is 15.5 Å². The minimum Gasteiger partial charge on any atom is -0.361 e. The summed E-state index contributed by atoms with van der Waals surface area (Å²) >= 11 is 0. The number of carbonyl (C=O) groups excluding carboxylic acids is 1. The maximum Gasteiger partial charge on any atom is 0.273 e. The number of halogens is 2. The highest BCUT2D eigenvalue weighted by molar-refractivity contribution is 5.92. The number of hydrogen-bond acceptors (Lipinski definition) is 3. The van der Waals surface area contributed by atoms with Gasteiger partial charge in [-0.15, -0.1) is 0 Å². The molecule has 2 aromatic heterocycles. The summed E-state index contributed by atoms with van der Waals surface area (Å²) in [6.45, 7) is 0.359. The van der Waals surface area contributed by atoms with Crippen LogP contribution in [-0.2, 0) is 12.8 Å². The molecule has 4 aromatic rings. The average molecular weight is 381 g/mol. The Morgan fingerprint density at radius 2 is 1.96 bits per heavy atom. The first kappa shape index (κ1) is 17.9. The van der Waals surface area contributed by atoms with Gasteiger partial charge < -0.3 is 14.8 Å². The molecule has 0 radical (unpaired) electrons. The van der Waals surface area contributed by atoms with Gasteiger partial charge in [-0.3, -0.25) is 4.79 Å². The van der Waals surface area contributed by atoms with E-state index in [4.69, 9.17) is 4.52 Å². The lowest BCUT2D eigenvalue weighted by Gasteiger charge is -2.02. The number of aromatic nitrogens is 2. The number of amides is 1. The van der Waals surface area contributed by atoms with Crippen molar-refractivity contribution in [3.63, 3.8) is 0 Å². The lowest BCUT2D eigenvalue weighted by atomic mass is 10.1. The Labute approximate surface area is 159 Å². The van der Waals surface area contributed by atoms with Gasteiger partial charge in [-0.05, 0) is 41.8 Å². The topological polar surface area (TPSA) is 70.9 Å². The average Bonchev–Trinajstić information content (AvgIpc) is 3.31. The van der Waals surface area contributed by atoms with Crippen LogP contribution in [0.4, 0.5) is 8.78 Å². The third-order valence-electron chi connectivity index (χ3n) is 4.52. The molecule has 2 aromatic carbocycles. The molecule has 4 rings (SSSR count). The summed E-state index contributed by atoms with van der Waals surface area (Å²) in [7, 11) is 0. The Balaban J connectivity index is 1.36. The molecule has 7 heteroatoms. The predicted octanol–water partition coefficient (Wildman–Crippen LogP) is 4.00. The molecule has 142 valence electrons. The number of benzene rings is 2. The lowest BCUT2D eigenvalue weighted by Crippen LogP contribution is -2.25. The first-order chi connectivity index (χ1) is 13.6. The molecule has 0 fully saturated rings. The Morgan fingerprint density at radius 3 is 2.82 bits per heavy atom. The maximum absolute atomic E-state index is 13.7. The number of nitrogens with one attached hydrogen (secondary N) is 2. The zero-order chi connectivity index (χ0) is 19.5. The van der Waals surface area contributed by atoms with Gasteiger partial charge in [0.15, 0.2) is 5.69 Å². The van der Waals surface area contributed by atoms with Crippen molar-refractivity contribution < 1.29 is 18.1 Å². The minimum atomic E-state index is -0.380. The van der Waals surface area contributed by atoms with E-state index in [2.05, 4.69) is 15.5 Å². The van der Waals surface area contributed by atoms with Crippen LogP contribution in [-0.4, -0.2) is 22.6 Å². The zero-order valence-corrected chi connectivity index (χ0v) is 14.8. The fourth-order valence-corrected chi connectivity index (χ4v) is 3.09. The van der Waals surface area contributed by atoms with Gasteiger partial charge in [0.25, 0.3) is 5.91 Å². The summed E-state index contributed by atoms with van der Waals surface area (Å²) in [6.07, 6.45) is 2.56. The zero-order valence-electron chi connectivity index (χ0n) is 14.8. The molecule has 0 saturated carbocycles. The molecule has 1 amide bonds. The van der Waals surface area contributed by atoms with Crippen molar-refractivity contribution in [3.05, 3.63) is 88.9 Å². The van der Waals surface area contributed by atoms with Crippen LogP contribution in [0.2, 0.25) is 0 Å². The highest BCUT2D eigenvalue weighted by Gasteiger charge is 2.14. The predicted molar refractivity (Wildman–Crippen MR) is 100 cm³/mol. The molecular formula is C21H17F2N3O2. The van der Waals surface area contributed by atoms with Crippen molar-refractivity contribution in [1.29, 1.82) is 0 Å². The Hall–Kier alpha value is -3.48. The van der Waals surface area contributed by atoms with E-state index < -0.39 is 0 Å². The number of H-pyrrole nitrogens is 1. The number of aromatic amines is 1. The Bertz CT molecular complexity index is 1130. The van der Waals surface area contributed by atoms with Crippen LogP contribution < -0.4 is 5.32 Å². The van der Waals surface area contributed by atoms with Gasteiger partial charge >= 0.3 is 0 Å². The molecule has 0 aliphatic heterocycles. The molecule has 0 unspecified atom stereocenters. The van der Waals surface area contributed by atoms with Gasteiger partial charge in [-0.25, -0.2) is 8.78 Å². The molecule has 28 heavy (non-hydrogen) atoms. The van der Waals surface area contributed by atoms with E-state index in [-0.39, 0.29) is 29.7 Å². The molecule has 0 bridgehead atoms. The number of rotatable bonds is 6. The summed E-state index contributed by atoms with van der Waals surface area (Å²) in [5.41, 5.74) is 2.36. The van der Waals surface area contributed by atoms with Crippen LogP contribution in [0, 0.1) is 11.6 Å². The van der Waals surface area contributed by atoms with Crippen LogP contribution in [0.25, 0.3) is 10.9 Å².